The quantitative estimate of drug-likeness (QED) is 0.775. The zero-order chi connectivity index (χ0) is 20.0. The first-order chi connectivity index (χ1) is 14.1. The molecule has 3 aliphatic rings. The normalized spacial score (nSPS) is 20.9. The van der Waals surface area contributed by atoms with Gasteiger partial charge in [0, 0.05) is 37.2 Å². The van der Waals surface area contributed by atoms with Crippen molar-refractivity contribution < 1.29 is 4.74 Å². The summed E-state index contributed by atoms with van der Waals surface area (Å²) < 4.78 is 5.55. The first kappa shape index (κ1) is 18.7. The van der Waals surface area contributed by atoms with Gasteiger partial charge in [0.25, 0.3) is 0 Å². The molecule has 4 heterocycles. The number of hydrogen-bond donors (Lipinski definition) is 0. The van der Waals surface area contributed by atoms with Crippen LogP contribution in [0.2, 0.25) is 0 Å². The minimum atomic E-state index is 0.188. The van der Waals surface area contributed by atoms with E-state index in [9.17, 15) is 0 Å². The van der Waals surface area contributed by atoms with Gasteiger partial charge in [0.15, 0.2) is 0 Å². The van der Waals surface area contributed by atoms with Crippen LogP contribution >= 0.6 is 0 Å². The van der Waals surface area contributed by atoms with E-state index in [-0.39, 0.29) is 5.41 Å². The molecule has 7 nitrogen and oxygen atoms in total. The Labute approximate surface area is 172 Å². The summed E-state index contributed by atoms with van der Waals surface area (Å²) in [5, 5.41) is 0. The number of aryl methyl sites for hydroxylation is 3. The molecule has 154 valence electrons. The Morgan fingerprint density at radius 1 is 0.862 bits per heavy atom. The third-order valence-electron chi connectivity index (χ3n) is 6.99. The van der Waals surface area contributed by atoms with Gasteiger partial charge in [-0.1, -0.05) is 0 Å². The number of piperidine rings is 1. The zero-order valence-electron chi connectivity index (χ0n) is 17.7. The maximum atomic E-state index is 5.55. The summed E-state index contributed by atoms with van der Waals surface area (Å²) in [5.41, 5.74) is 4.92. The highest BCUT2D eigenvalue weighted by Crippen LogP contribution is 2.47. The molecule has 2 fully saturated rings. The largest absolute Gasteiger partial charge is 0.378 e. The molecule has 2 aromatic heterocycles. The van der Waals surface area contributed by atoms with Gasteiger partial charge in [0.05, 0.1) is 36.5 Å². The van der Waals surface area contributed by atoms with Gasteiger partial charge in [-0.3, -0.25) is 4.98 Å². The second kappa shape index (κ2) is 7.20. The van der Waals surface area contributed by atoms with Crippen LogP contribution in [0, 0.1) is 20.8 Å². The molecule has 1 spiro atoms. The van der Waals surface area contributed by atoms with Crippen molar-refractivity contribution in [3.8, 4) is 0 Å². The lowest BCUT2D eigenvalue weighted by Gasteiger charge is -2.40. The first-order valence-corrected chi connectivity index (χ1v) is 10.8. The molecule has 2 saturated heterocycles. The Balaban J connectivity index is 1.40. The van der Waals surface area contributed by atoms with Crippen LogP contribution in [0.25, 0.3) is 0 Å². The molecule has 5 rings (SSSR count). The van der Waals surface area contributed by atoms with Gasteiger partial charge in [0.1, 0.15) is 17.5 Å². The Morgan fingerprint density at radius 3 is 2.34 bits per heavy atom. The lowest BCUT2D eigenvalue weighted by Crippen LogP contribution is -2.42. The number of rotatable bonds is 2. The fraction of sp³-hybridized carbons (Fsp3) is 0.636. The second-order valence-electron chi connectivity index (χ2n) is 8.69. The van der Waals surface area contributed by atoms with E-state index in [0.29, 0.717) is 0 Å². The van der Waals surface area contributed by atoms with Crippen molar-refractivity contribution in [2.45, 2.75) is 51.9 Å². The average Bonchev–Trinajstić information content (AvgIpc) is 3.09. The van der Waals surface area contributed by atoms with Crippen LogP contribution in [0.3, 0.4) is 0 Å². The van der Waals surface area contributed by atoms with Crippen molar-refractivity contribution in [1.29, 1.82) is 0 Å². The van der Waals surface area contributed by atoms with E-state index in [1.54, 1.807) is 0 Å². The van der Waals surface area contributed by atoms with E-state index in [1.807, 2.05) is 27.0 Å². The Kier molecular flexibility index (Phi) is 4.65. The molecule has 0 atom stereocenters. The fourth-order valence-corrected chi connectivity index (χ4v) is 5.10. The molecule has 7 heteroatoms. The van der Waals surface area contributed by atoms with Gasteiger partial charge in [-0.25, -0.2) is 15.0 Å². The average molecular weight is 395 g/mol. The summed E-state index contributed by atoms with van der Waals surface area (Å²) in [6.07, 6.45) is 6.43. The van der Waals surface area contributed by atoms with Crippen molar-refractivity contribution in [3.63, 3.8) is 0 Å². The molecule has 0 saturated carbocycles. The molecule has 0 N–H and O–H groups in total. The van der Waals surface area contributed by atoms with E-state index < -0.39 is 0 Å². The molecule has 1 aliphatic carbocycles. The van der Waals surface area contributed by atoms with E-state index in [4.69, 9.17) is 19.7 Å². The van der Waals surface area contributed by atoms with Gasteiger partial charge < -0.3 is 14.5 Å². The molecular formula is C22H30N6O. The second-order valence-corrected chi connectivity index (χ2v) is 8.69. The van der Waals surface area contributed by atoms with Crippen molar-refractivity contribution in [3.05, 3.63) is 34.7 Å². The van der Waals surface area contributed by atoms with Gasteiger partial charge in [-0.15, -0.1) is 0 Å². The van der Waals surface area contributed by atoms with Crippen molar-refractivity contribution in [2.75, 3.05) is 49.2 Å². The lowest BCUT2D eigenvalue weighted by atomic mass is 9.76. The van der Waals surface area contributed by atoms with Crippen molar-refractivity contribution >= 4 is 11.6 Å². The van der Waals surface area contributed by atoms with Crippen LogP contribution in [0.5, 0.6) is 0 Å². The predicted octanol–water partition coefficient (Wildman–Crippen LogP) is 2.51. The van der Waals surface area contributed by atoms with Gasteiger partial charge in [-0.05, 0) is 46.5 Å². The third-order valence-corrected chi connectivity index (χ3v) is 6.99. The number of morpholine rings is 1. The number of nitrogens with zero attached hydrogens (tertiary/aromatic N) is 6. The summed E-state index contributed by atoms with van der Waals surface area (Å²) in [6.45, 7) is 11.5. The van der Waals surface area contributed by atoms with E-state index in [1.165, 1.54) is 17.7 Å². The van der Waals surface area contributed by atoms with Crippen molar-refractivity contribution in [1.82, 2.24) is 19.9 Å². The number of fused-ring (bicyclic) bond motifs is 2. The molecule has 0 aromatic carbocycles. The fourth-order valence-electron chi connectivity index (χ4n) is 5.10. The maximum absolute atomic E-state index is 5.55. The molecule has 0 amide bonds. The lowest BCUT2D eigenvalue weighted by molar-refractivity contribution is 0.122. The Hall–Kier alpha value is -2.28. The predicted molar refractivity (Wildman–Crippen MR) is 113 cm³/mol. The Bertz CT molecular complexity index is 916. The van der Waals surface area contributed by atoms with Gasteiger partial charge in [-0.2, -0.15) is 0 Å². The highest BCUT2D eigenvalue weighted by atomic mass is 16.5. The van der Waals surface area contributed by atoms with Gasteiger partial charge in [0.2, 0.25) is 0 Å². The van der Waals surface area contributed by atoms with E-state index in [2.05, 4.69) is 14.8 Å². The van der Waals surface area contributed by atoms with Crippen LogP contribution in [-0.2, 0) is 16.6 Å². The molecule has 0 unspecified atom stereocenters. The van der Waals surface area contributed by atoms with Crippen molar-refractivity contribution in [2.24, 2.45) is 0 Å². The van der Waals surface area contributed by atoms with Crippen LogP contribution in [0.15, 0.2) is 6.20 Å². The smallest absolute Gasteiger partial charge is 0.147 e. The summed E-state index contributed by atoms with van der Waals surface area (Å²) in [5.74, 6) is 3.07. The molecule has 29 heavy (non-hydrogen) atoms. The summed E-state index contributed by atoms with van der Waals surface area (Å²) in [4.78, 5) is 23.9. The third kappa shape index (κ3) is 3.25. The van der Waals surface area contributed by atoms with Crippen LogP contribution < -0.4 is 9.80 Å². The minimum absolute atomic E-state index is 0.188. The molecular weight excluding hydrogens is 364 g/mol. The molecule has 0 bridgehead atoms. The van der Waals surface area contributed by atoms with Crippen LogP contribution in [0.1, 0.15) is 47.7 Å². The topological polar surface area (TPSA) is 67.3 Å². The number of aromatic nitrogens is 4. The maximum Gasteiger partial charge on any atom is 0.147 e. The van der Waals surface area contributed by atoms with Crippen LogP contribution in [0.4, 0.5) is 11.6 Å². The standard InChI is InChI=1S/C22H30N6O/c1-15-16(2)24-19(14-23-15)27-8-6-22(7-9-27)5-4-18-20(22)25-17(3)26-21(18)28-10-12-29-13-11-28/h14H,4-13H2,1-3H3. The molecule has 2 aromatic rings. The summed E-state index contributed by atoms with van der Waals surface area (Å²) >= 11 is 0. The van der Waals surface area contributed by atoms with E-state index in [0.717, 1.165) is 87.5 Å². The number of ether oxygens (including phenoxy) is 1. The monoisotopic (exact) mass is 394 g/mol. The highest BCUT2D eigenvalue weighted by molar-refractivity contribution is 5.55. The summed E-state index contributed by atoms with van der Waals surface area (Å²) in [6, 6.07) is 0. The molecule has 2 aliphatic heterocycles. The summed E-state index contributed by atoms with van der Waals surface area (Å²) in [7, 11) is 0. The van der Waals surface area contributed by atoms with E-state index >= 15 is 0 Å². The number of hydrogen-bond acceptors (Lipinski definition) is 7. The zero-order valence-corrected chi connectivity index (χ0v) is 17.7. The first-order valence-electron chi connectivity index (χ1n) is 10.8. The minimum Gasteiger partial charge on any atom is -0.378 e. The number of anilines is 2. The molecule has 0 radical (unpaired) electrons. The van der Waals surface area contributed by atoms with Crippen LogP contribution in [-0.4, -0.2) is 59.3 Å². The highest BCUT2D eigenvalue weighted by Gasteiger charge is 2.44. The Morgan fingerprint density at radius 2 is 1.62 bits per heavy atom. The van der Waals surface area contributed by atoms with Gasteiger partial charge >= 0.3 is 0 Å². The SMILES string of the molecule is Cc1nc(N2CCOCC2)c2c(n1)C1(CC2)CCN(c2cnc(C)c(C)n2)CC1.